The fourth-order valence-corrected chi connectivity index (χ4v) is 5.87. The van der Waals surface area contributed by atoms with Crippen molar-refractivity contribution < 1.29 is 41.7 Å². The Bertz CT molecular complexity index is 1840. The van der Waals surface area contributed by atoms with Crippen LogP contribution in [0, 0.1) is 12.7 Å². The Labute approximate surface area is 264 Å². The fraction of sp³-hybridized carbons (Fsp3) is 0.312. The van der Waals surface area contributed by atoms with E-state index >= 15 is 0 Å². The molecule has 2 amide bonds. The number of hydrogen-bond donors (Lipinski definition) is 3. The maximum absolute atomic E-state index is 14.8. The third-order valence-electron chi connectivity index (χ3n) is 8.08. The number of amides is 2. The molecule has 14 heteroatoms. The number of rotatable bonds is 9. The molecule has 2 aliphatic rings. The first-order chi connectivity index (χ1) is 21.7. The minimum atomic E-state index is -5.35. The van der Waals surface area contributed by atoms with E-state index in [2.05, 4.69) is 15.3 Å². The molecule has 0 radical (unpaired) electrons. The fourth-order valence-electron chi connectivity index (χ4n) is 5.07. The molecule has 2 atom stereocenters. The molecule has 46 heavy (non-hydrogen) atoms. The maximum atomic E-state index is 14.8. The number of primary amides is 1. The lowest BCUT2D eigenvalue weighted by atomic mass is 9.81. The van der Waals surface area contributed by atoms with E-state index in [4.69, 9.17) is 15.2 Å². The normalized spacial score (nSPS) is 18.8. The number of carbonyl (C=O) groups excluding carboxylic acids is 2. The van der Waals surface area contributed by atoms with Gasteiger partial charge in [-0.2, -0.15) is 13.2 Å². The Kier molecular flexibility index (Phi) is 7.75. The zero-order valence-corrected chi connectivity index (χ0v) is 25.4. The van der Waals surface area contributed by atoms with Gasteiger partial charge in [-0.25, -0.2) is 14.4 Å². The van der Waals surface area contributed by atoms with Gasteiger partial charge >= 0.3 is 6.18 Å². The number of aryl methyl sites for hydroxylation is 1. The first-order valence-corrected chi connectivity index (χ1v) is 15.1. The highest BCUT2D eigenvalue weighted by Crippen LogP contribution is 2.48. The van der Waals surface area contributed by atoms with E-state index in [1.807, 2.05) is 6.92 Å². The summed E-state index contributed by atoms with van der Waals surface area (Å²) in [5, 5.41) is 14.3. The van der Waals surface area contributed by atoms with Gasteiger partial charge in [0.2, 0.25) is 11.5 Å². The molecule has 0 unspecified atom stereocenters. The maximum Gasteiger partial charge on any atom is 0.424 e. The second-order valence-electron chi connectivity index (χ2n) is 11.5. The molecule has 0 bridgehead atoms. The molecular weight excluding hydrogens is 628 g/mol. The van der Waals surface area contributed by atoms with Crippen LogP contribution in [0.3, 0.4) is 0 Å². The molecule has 3 heterocycles. The number of ether oxygens (including phenoxy) is 2. The standard InChI is InChI=1S/C32H28F4N4O5S/c1-16-38-13-24(46-16)21-11-18(5-10-23(21)45-20-8-9-20)28(41)39-14-31(43,32(34,35)36)25-12-22-27(44-15-30(22,2)29(37)42)26(40-25)17-3-6-19(33)7-4-17/h3-7,10-13,20,43H,8-9,14-15H2,1-2H3,(H2,37,42)(H,39,41)/t30-,31-/m0/s1. The monoisotopic (exact) mass is 656 g/mol. The lowest BCUT2D eigenvalue weighted by Crippen LogP contribution is -2.51. The second kappa shape index (κ2) is 11.4. The predicted octanol–water partition coefficient (Wildman–Crippen LogP) is 5.18. The average molecular weight is 657 g/mol. The minimum absolute atomic E-state index is 0.0236. The van der Waals surface area contributed by atoms with Crippen LogP contribution in [0.5, 0.6) is 11.5 Å². The summed E-state index contributed by atoms with van der Waals surface area (Å²) in [4.78, 5) is 34.8. The zero-order chi connectivity index (χ0) is 33.0. The van der Waals surface area contributed by atoms with E-state index in [1.165, 1.54) is 42.5 Å². The Morgan fingerprint density at radius 2 is 1.89 bits per heavy atom. The van der Waals surface area contributed by atoms with E-state index in [-0.39, 0.29) is 40.8 Å². The van der Waals surface area contributed by atoms with Gasteiger partial charge in [0.15, 0.2) is 0 Å². The number of benzene rings is 2. The molecule has 1 aliphatic heterocycles. The van der Waals surface area contributed by atoms with Gasteiger partial charge in [0, 0.05) is 28.5 Å². The van der Waals surface area contributed by atoms with Crippen LogP contribution < -0.4 is 20.5 Å². The number of nitrogens with two attached hydrogens (primary N) is 1. The topological polar surface area (TPSA) is 137 Å². The van der Waals surface area contributed by atoms with Crippen LogP contribution in [-0.2, 0) is 15.8 Å². The molecule has 0 saturated heterocycles. The number of aliphatic hydroxyl groups is 1. The molecule has 1 fully saturated rings. The van der Waals surface area contributed by atoms with Crippen LogP contribution in [0.2, 0.25) is 0 Å². The highest BCUT2D eigenvalue weighted by molar-refractivity contribution is 7.15. The zero-order valence-electron chi connectivity index (χ0n) is 24.6. The molecular formula is C32H28F4N4O5S. The van der Waals surface area contributed by atoms with Crippen molar-refractivity contribution in [3.8, 4) is 33.2 Å². The smallest absolute Gasteiger partial charge is 0.424 e. The van der Waals surface area contributed by atoms with Crippen LogP contribution in [0.25, 0.3) is 21.7 Å². The molecule has 4 N–H and O–H groups in total. The van der Waals surface area contributed by atoms with Crippen LogP contribution >= 0.6 is 11.3 Å². The molecule has 9 nitrogen and oxygen atoms in total. The van der Waals surface area contributed by atoms with Gasteiger partial charge in [-0.15, -0.1) is 11.3 Å². The van der Waals surface area contributed by atoms with Crippen LogP contribution in [0.4, 0.5) is 17.6 Å². The summed E-state index contributed by atoms with van der Waals surface area (Å²) < 4.78 is 69.7. The Hall–Kier alpha value is -4.56. The van der Waals surface area contributed by atoms with Crippen molar-refractivity contribution >= 4 is 23.2 Å². The summed E-state index contributed by atoms with van der Waals surface area (Å²) >= 11 is 1.37. The number of thiazole rings is 1. The van der Waals surface area contributed by atoms with E-state index < -0.39 is 47.1 Å². The van der Waals surface area contributed by atoms with Crippen molar-refractivity contribution in [2.45, 2.75) is 50.0 Å². The molecule has 4 aromatic rings. The summed E-state index contributed by atoms with van der Waals surface area (Å²) in [5.41, 5.74) is -0.0230. The number of carbonyl (C=O) groups is 2. The SMILES string of the molecule is Cc1ncc(-c2cc(C(=O)NC[C@](O)(c3cc4c(c(-c5ccc(F)cc5)n3)OC[C@]4(C)C(N)=O)C(F)(F)F)ccc2OC2CC2)s1. The number of fused-ring (bicyclic) bond motifs is 1. The second-order valence-corrected chi connectivity index (χ2v) is 12.8. The highest BCUT2D eigenvalue weighted by Gasteiger charge is 2.57. The highest BCUT2D eigenvalue weighted by atomic mass is 32.1. The lowest BCUT2D eigenvalue weighted by Gasteiger charge is -2.31. The van der Waals surface area contributed by atoms with E-state index in [1.54, 1.807) is 12.3 Å². The first-order valence-electron chi connectivity index (χ1n) is 14.2. The quantitative estimate of drug-likeness (QED) is 0.211. The van der Waals surface area contributed by atoms with E-state index in [9.17, 15) is 32.3 Å². The number of pyridine rings is 1. The summed E-state index contributed by atoms with van der Waals surface area (Å²) in [6.07, 6.45) is -1.89. The van der Waals surface area contributed by atoms with Gasteiger partial charge in [0.1, 0.15) is 35.0 Å². The van der Waals surface area contributed by atoms with Crippen LogP contribution in [-0.4, -0.2) is 52.3 Å². The number of nitrogens with one attached hydrogen (secondary N) is 1. The number of hydrogen-bond acceptors (Lipinski definition) is 8. The number of aromatic nitrogens is 2. The van der Waals surface area contributed by atoms with Gasteiger partial charge in [-0.3, -0.25) is 9.59 Å². The first kappa shape index (κ1) is 31.4. The summed E-state index contributed by atoms with van der Waals surface area (Å²) in [7, 11) is 0. The molecule has 2 aromatic heterocycles. The van der Waals surface area contributed by atoms with Crippen molar-refractivity contribution in [2.75, 3.05) is 13.2 Å². The van der Waals surface area contributed by atoms with Crippen molar-refractivity contribution in [3.63, 3.8) is 0 Å². The van der Waals surface area contributed by atoms with Crippen molar-refractivity contribution in [2.24, 2.45) is 5.73 Å². The van der Waals surface area contributed by atoms with E-state index in [0.29, 0.717) is 16.2 Å². The number of nitrogens with zero attached hydrogens (tertiary/aromatic N) is 2. The van der Waals surface area contributed by atoms with Crippen molar-refractivity contribution in [3.05, 3.63) is 82.4 Å². The van der Waals surface area contributed by atoms with Gasteiger partial charge in [-0.1, -0.05) is 0 Å². The summed E-state index contributed by atoms with van der Waals surface area (Å²) in [5.74, 6) is -1.88. The molecule has 2 aromatic carbocycles. The predicted molar refractivity (Wildman–Crippen MR) is 160 cm³/mol. The Balaban J connectivity index is 1.37. The third-order valence-corrected chi connectivity index (χ3v) is 9.02. The largest absolute Gasteiger partial charge is 0.490 e. The average Bonchev–Trinajstić information content (AvgIpc) is 3.62. The molecule has 1 aliphatic carbocycles. The minimum Gasteiger partial charge on any atom is -0.490 e. The van der Waals surface area contributed by atoms with Crippen molar-refractivity contribution in [1.29, 1.82) is 0 Å². The lowest BCUT2D eigenvalue weighted by molar-refractivity contribution is -0.265. The number of alkyl halides is 3. The van der Waals surface area contributed by atoms with Crippen molar-refractivity contribution in [1.82, 2.24) is 15.3 Å². The third kappa shape index (κ3) is 5.66. The van der Waals surface area contributed by atoms with Gasteiger partial charge in [-0.05, 0) is 75.2 Å². The molecule has 0 spiro atoms. The molecule has 240 valence electrons. The van der Waals surface area contributed by atoms with Gasteiger partial charge < -0.3 is 25.6 Å². The van der Waals surface area contributed by atoms with Crippen LogP contribution in [0.15, 0.2) is 54.7 Å². The summed E-state index contributed by atoms with van der Waals surface area (Å²) in [6, 6.07) is 10.1. The van der Waals surface area contributed by atoms with E-state index in [0.717, 1.165) is 36.0 Å². The number of halogens is 4. The Morgan fingerprint density at radius 3 is 2.50 bits per heavy atom. The molecule has 6 rings (SSSR count). The van der Waals surface area contributed by atoms with Crippen LogP contribution in [0.1, 0.15) is 46.4 Å². The summed E-state index contributed by atoms with van der Waals surface area (Å²) in [6.45, 7) is 1.59. The Morgan fingerprint density at radius 1 is 1.17 bits per heavy atom. The van der Waals surface area contributed by atoms with Gasteiger partial charge in [0.25, 0.3) is 5.91 Å². The molecule has 1 saturated carbocycles. The van der Waals surface area contributed by atoms with Gasteiger partial charge in [0.05, 0.1) is 28.2 Å².